The molecule has 0 saturated heterocycles. The van der Waals surface area contributed by atoms with Crippen LogP contribution >= 0.6 is 35.6 Å². The number of nitrogens with two attached hydrogens (primary N) is 1. The minimum absolute atomic E-state index is 0. The summed E-state index contributed by atoms with van der Waals surface area (Å²) in [5.74, 6) is -0.126. The van der Waals surface area contributed by atoms with Crippen molar-refractivity contribution in [3.8, 4) is 0 Å². The maximum absolute atomic E-state index is 13.7. The second-order valence-corrected chi connectivity index (χ2v) is 4.79. The number of hydrogen-bond acceptors (Lipinski definition) is 1. The highest BCUT2D eigenvalue weighted by atomic mass is 35.5. The van der Waals surface area contributed by atoms with Crippen molar-refractivity contribution >= 4 is 35.6 Å². The van der Waals surface area contributed by atoms with Gasteiger partial charge in [-0.3, -0.25) is 0 Å². The fourth-order valence-electron chi connectivity index (χ4n) is 1.88. The molecule has 0 aromatic heterocycles. The average Bonchev–Trinajstić information content (AvgIpc) is 2.09. The van der Waals surface area contributed by atoms with E-state index >= 15 is 0 Å². The van der Waals surface area contributed by atoms with Crippen LogP contribution in [0.4, 0.5) is 4.39 Å². The minimum atomic E-state index is -0.469. The SMILES string of the molecule is Cl.N[C@@H](c1c(Cl)ccc(Cl)c1F)C1CCC1. The molecule has 5 heteroatoms. The van der Waals surface area contributed by atoms with E-state index in [0.717, 1.165) is 19.3 Å². The Labute approximate surface area is 111 Å². The standard InChI is InChI=1S/C11H12Cl2FN.ClH/c12-7-4-5-8(13)10(14)9(7)11(15)6-2-1-3-6;/h4-6,11H,1-3,15H2;1H/t11-;/m1./s1. The van der Waals surface area contributed by atoms with Gasteiger partial charge in [-0.15, -0.1) is 12.4 Å². The molecule has 1 aliphatic carbocycles. The molecule has 0 bridgehead atoms. The molecule has 1 fully saturated rings. The van der Waals surface area contributed by atoms with Crippen LogP contribution in [0.25, 0.3) is 0 Å². The Morgan fingerprint density at radius 2 is 1.81 bits per heavy atom. The van der Waals surface area contributed by atoms with E-state index in [1.165, 1.54) is 6.07 Å². The highest BCUT2D eigenvalue weighted by molar-refractivity contribution is 6.33. The molecular formula is C11H13Cl3FN. The summed E-state index contributed by atoms with van der Waals surface area (Å²) < 4.78 is 13.7. The lowest BCUT2D eigenvalue weighted by Crippen LogP contribution is -2.28. The molecule has 1 atom stereocenters. The van der Waals surface area contributed by atoms with Crippen LogP contribution < -0.4 is 5.73 Å². The quantitative estimate of drug-likeness (QED) is 0.803. The van der Waals surface area contributed by atoms with Crippen molar-refractivity contribution < 1.29 is 4.39 Å². The van der Waals surface area contributed by atoms with E-state index in [4.69, 9.17) is 28.9 Å². The van der Waals surface area contributed by atoms with E-state index in [1.54, 1.807) is 6.07 Å². The molecule has 2 rings (SSSR count). The van der Waals surface area contributed by atoms with Gasteiger partial charge in [-0.2, -0.15) is 0 Å². The fourth-order valence-corrected chi connectivity index (χ4v) is 2.32. The average molecular weight is 285 g/mol. The van der Waals surface area contributed by atoms with Crippen molar-refractivity contribution in [3.05, 3.63) is 33.6 Å². The molecule has 16 heavy (non-hydrogen) atoms. The van der Waals surface area contributed by atoms with Gasteiger partial charge < -0.3 is 5.73 Å². The van der Waals surface area contributed by atoms with Crippen LogP contribution in [-0.2, 0) is 0 Å². The summed E-state index contributed by atoms with van der Waals surface area (Å²) in [5, 5.41) is 0.459. The zero-order valence-electron chi connectivity index (χ0n) is 8.55. The van der Waals surface area contributed by atoms with E-state index in [1.807, 2.05) is 0 Å². The monoisotopic (exact) mass is 283 g/mol. The fraction of sp³-hybridized carbons (Fsp3) is 0.455. The summed E-state index contributed by atoms with van der Waals surface area (Å²) in [7, 11) is 0. The first kappa shape index (κ1) is 14.0. The highest BCUT2D eigenvalue weighted by Gasteiger charge is 2.29. The number of hydrogen-bond donors (Lipinski definition) is 1. The van der Waals surface area contributed by atoms with Crippen LogP contribution in [0.3, 0.4) is 0 Å². The largest absolute Gasteiger partial charge is 0.324 e. The van der Waals surface area contributed by atoms with Crippen molar-refractivity contribution in [3.63, 3.8) is 0 Å². The summed E-state index contributed by atoms with van der Waals surface area (Å²) >= 11 is 11.6. The first-order valence-electron chi connectivity index (χ1n) is 5.00. The van der Waals surface area contributed by atoms with Crippen molar-refractivity contribution in [1.29, 1.82) is 0 Å². The first-order valence-corrected chi connectivity index (χ1v) is 5.76. The molecule has 0 radical (unpaired) electrons. The van der Waals surface area contributed by atoms with Gasteiger partial charge in [-0.25, -0.2) is 4.39 Å². The molecule has 0 unspecified atom stereocenters. The zero-order valence-corrected chi connectivity index (χ0v) is 10.9. The van der Waals surface area contributed by atoms with Crippen LogP contribution in [0.5, 0.6) is 0 Å². The molecule has 1 aliphatic rings. The summed E-state index contributed by atoms with van der Waals surface area (Å²) in [6.07, 6.45) is 3.26. The predicted octanol–water partition coefficient (Wildman–Crippen LogP) is 4.35. The molecule has 1 nitrogen and oxygen atoms in total. The van der Waals surface area contributed by atoms with Crippen LogP contribution in [0.1, 0.15) is 30.9 Å². The van der Waals surface area contributed by atoms with E-state index in [9.17, 15) is 4.39 Å². The van der Waals surface area contributed by atoms with Gasteiger partial charge in [0, 0.05) is 16.6 Å². The maximum Gasteiger partial charge on any atom is 0.148 e. The van der Waals surface area contributed by atoms with E-state index in [2.05, 4.69) is 0 Å². The molecule has 0 spiro atoms. The Bertz CT molecular complexity index is 380. The van der Waals surface area contributed by atoms with Gasteiger partial charge in [0.2, 0.25) is 0 Å². The van der Waals surface area contributed by atoms with Crippen LogP contribution in [0.2, 0.25) is 10.0 Å². The van der Waals surface area contributed by atoms with Gasteiger partial charge >= 0.3 is 0 Å². The smallest absolute Gasteiger partial charge is 0.148 e. The molecular weight excluding hydrogens is 271 g/mol. The summed E-state index contributed by atoms with van der Waals surface area (Å²) in [4.78, 5) is 0. The van der Waals surface area contributed by atoms with Gasteiger partial charge in [0.25, 0.3) is 0 Å². The lowest BCUT2D eigenvalue weighted by Gasteiger charge is -2.32. The lowest BCUT2D eigenvalue weighted by molar-refractivity contribution is 0.260. The minimum Gasteiger partial charge on any atom is -0.324 e. The third-order valence-corrected chi connectivity index (χ3v) is 3.69. The molecule has 1 saturated carbocycles. The predicted molar refractivity (Wildman–Crippen MR) is 67.9 cm³/mol. The number of rotatable bonds is 2. The molecule has 0 aliphatic heterocycles. The Morgan fingerprint density at radius 1 is 1.25 bits per heavy atom. The summed E-state index contributed by atoms with van der Waals surface area (Å²) in [6.45, 7) is 0. The van der Waals surface area contributed by atoms with Crippen LogP contribution in [0, 0.1) is 11.7 Å². The Balaban J connectivity index is 0.00000128. The van der Waals surface area contributed by atoms with Crippen LogP contribution in [-0.4, -0.2) is 0 Å². The number of halogens is 4. The van der Waals surface area contributed by atoms with E-state index < -0.39 is 5.82 Å². The molecule has 0 heterocycles. The van der Waals surface area contributed by atoms with Crippen LogP contribution in [0.15, 0.2) is 12.1 Å². The Hall–Kier alpha value is -0.0200. The summed E-state index contributed by atoms with van der Waals surface area (Å²) in [6, 6.07) is 2.72. The van der Waals surface area contributed by atoms with Gasteiger partial charge in [-0.05, 0) is 30.9 Å². The van der Waals surface area contributed by atoms with Gasteiger partial charge in [0.15, 0.2) is 0 Å². The van der Waals surface area contributed by atoms with E-state index in [0.29, 0.717) is 16.5 Å². The lowest BCUT2D eigenvalue weighted by atomic mass is 9.77. The van der Waals surface area contributed by atoms with Gasteiger partial charge in [0.05, 0.1) is 5.02 Å². The van der Waals surface area contributed by atoms with Crippen molar-refractivity contribution in [2.45, 2.75) is 25.3 Å². The second kappa shape index (κ2) is 5.54. The van der Waals surface area contributed by atoms with Crippen molar-refractivity contribution in [1.82, 2.24) is 0 Å². The molecule has 2 N–H and O–H groups in total. The van der Waals surface area contributed by atoms with Crippen molar-refractivity contribution in [2.24, 2.45) is 11.7 Å². The van der Waals surface area contributed by atoms with Gasteiger partial charge in [0.1, 0.15) is 5.82 Å². The third kappa shape index (κ3) is 2.45. The van der Waals surface area contributed by atoms with Crippen molar-refractivity contribution in [2.75, 3.05) is 0 Å². The van der Waals surface area contributed by atoms with Gasteiger partial charge in [-0.1, -0.05) is 29.6 Å². The molecule has 90 valence electrons. The Kier molecular flexibility index (Phi) is 4.87. The second-order valence-electron chi connectivity index (χ2n) is 3.97. The topological polar surface area (TPSA) is 26.0 Å². The third-order valence-electron chi connectivity index (χ3n) is 3.07. The van der Waals surface area contributed by atoms with E-state index in [-0.39, 0.29) is 23.5 Å². The summed E-state index contributed by atoms with van der Waals surface area (Å²) in [5.41, 5.74) is 6.36. The maximum atomic E-state index is 13.7. The normalized spacial score (nSPS) is 17.5. The highest BCUT2D eigenvalue weighted by Crippen LogP contribution is 2.40. The zero-order chi connectivity index (χ0) is 11.0. The Morgan fingerprint density at radius 3 is 2.31 bits per heavy atom. The first-order chi connectivity index (χ1) is 7.11. The molecule has 1 aromatic rings. The number of benzene rings is 1. The molecule has 1 aromatic carbocycles. The molecule has 0 amide bonds.